The Hall–Kier alpha value is -2.42. The van der Waals surface area contributed by atoms with Gasteiger partial charge in [-0.1, -0.05) is 36.4 Å². The normalized spacial score (nSPS) is 20.5. The first-order valence-electron chi connectivity index (χ1n) is 7.47. The van der Waals surface area contributed by atoms with Crippen molar-refractivity contribution in [3.63, 3.8) is 0 Å². The van der Waals surface area contributed by atoms with Crippen molar-refractivity contribution in [1.29, 1.82) is 0 Å². The van der Waals surface area contributed by atoms with Crippen LogP contribution in [0, 0.1) is 5.92 Å². The molecule has 24 heavy (non-hydrogen) atoms. The molecule has 1 aliphatic rings. The van der Waals surface area contributed by atoms with Gasteiger partial charge in [0.25, 0.3) is 10.0 Å². The molecule has 2 atom stereocenters. The lowest BCUT2D eigenvalue weighted by Crippen LogP contribution is -2.45. The SMILES string of the molecule is O=C(Nc1ccccc1)C1CNNC1S(=O)(=O)Nc1ccccc1. The average Bonchev–Trinajstić information content (AvgIpc) is 3.07. The minimum atomic E-state index is -3.78. The summed E-state index contributed by atoms with van der Waals surface area (Å²) in [5.74, 6) is -1.12. The van der Waals surface area contributed by atoms with Crippen LogP contribution in [0.3, 0.4) is 0 Å². The van der Waals surface area contributed by atoms with Gasteiger partial charge in [-0.05, 0) is 24.3 Å². The second-order valence-corrected chi connectivity index (χ2v) is 7.22. The Morgan fingerprint density at radius 1 is 0.958 bits per heavy atom. The molecule has 1 aliphatic heterocycles. The molecule has 0 radical (unpaired) electrons. The number of hydrazine groups is 1. The highest BCUT2D eigenvalue weighted by molar-refractivity contribution is 7.93. The maximum atomic E-state index is 12.6. The number of para-hydroxylation sites is 2. The zero-order chi connectivity index (χ0) is 17.0. The second kappa shape index (κ2) is 7.00. The van der Waals surface area contributed by atoms with Crippen molar-refractivity contribution in [3.8, 4) is 0 Å². The molecule has 3 rings (SSSR count). The average molecular weight is 346 g/mol. The van der Waals surface area contributed by atoms with Gasteiger partial charge >= 0.3 is 0 Å². The summed E-state index contributed by atoms with van der Waals surface area (Å²) in [7, 11) is -3.78. The zero-order valence-corrected chi connectivity index (χ0v) is 13.6. The molecule has 0 saturated carbocycles. The maximum Gasteiger partial charge on any atom is 0.250 e. The number of hydrogen-bond donors (Lipinski definition) is 4. The molecule has 0 aromatic heterocycles. The van der Waals surface area contributed by atoms with Gasteiger partial charge in [0.1, 0.15) is 0 Å². The van der Waals surface area contributed by atoms with E-state index in [4.69, 9.17) is 0 Å². The van der Waals surface area contributed by atoms with Crippen LogP contribution in [-0.2, 0) is 14.8 Å². The van der Waals surface area contributed by atoms with E-state index < -0.39 is 21.3 Å². The third-order valence-corrected chi connectivity index (χ3v) is 5.31. The lowest BCUT2D eigenvalue weighted by Gasteiger charge is -2.19. The maximum absolute atomic E-state index is 12.6. The summed E-state index contributed by atoms with van der Waals surface area (Å²) in [6.45, 7) is 0.221. The van der Waals surface area contributed by atoms with Crippen LogP contribution in [0.2, 0.25) is 0 Å². The van der Waals surface area contributed by atoms with Crippen LogP contribution >= 0.6 is 0 Å². The fourth-order valence-electron chi connectivity index (χ4n) is 2.49. The minimum absolute atomic E-state index is 0.221. The molecule has 1 saturated heterocycles. The third-order valence-electron chi connectivity index (χ3n) is 3.68. The van der Waals surface area contributed by atoms with E-state index in [2.05, 4.69) is 20.9 Å². The highest BCUT2D eigenvalue weighted by Gasteiger charge is 2.41. The van der Waals surface area contributed by atoms with Crippen molar-refractivity contribution in [3.05, 3.63) is 60.7 Å². The zero-order valence-electron chi connectivity index (χ0n) is 12.8. The Morgan fingerprint density at radius 3 is 2.17 bits per heavy atom. The van der Waals surface area contributed by atoms with Gasteiger partial charge < -0.3 is 5.32 Å². The van der Waals surface area contributed by atoms with Crippen LogP contribution in [0.4, 0.5) is 11.4 Å². The quantitative estimate of drug-likeness (QED) is 0.650. The van der Waals surface area contributed by atoms with E-state index in [0.717, 1.165) is 0 Å². The molecule has 4 N–H and O–H groups in total. The number of rotatable bonds is 5. The summed E-state index contributed by atoms with van der Waals surface area (Å²) in [4.78, 5) is 12.4. The molecule has 2 unspecified atom stereocenters. The molecule has 7 nitrogen and oxygen atoms in total. The number of anilines is 2. The number of nitrogens with one attached hydrogen (secondary N) is 4. The van der Waals surface area contributed by atoms with Gasteiger partial charge in [-0.25, -0.2) is 13.8 Å². The van der Waals surface area contributed by atoms with E-state index in [1.165, 1.54) is 0 Å². The van der Waals surface area contributed by atoms with Crippen LogP contribution in [0.5, 0.6) is 0 Å². The van der Waals surface area contributed by atoms with Crippen LogP contribution in [0.15, 0.2) is 60.7 Å². The summed E-state index contributed by atoms with van der Waals surface area (Å²) in [5, 5.41) is 1.67. The van der Waals surface area contributed by atoms with Gasteiger partial charge in [-0.3, -0.25) is 14.9 Å². The molecule has 0 aliphatic carbocycles. The number of benzene rings is 2. The smallest absolute Gasteiger partial charge is 0.250 e. The molecular formula is C16H18N4O3S. The van der Waals surface area contributed by atoms with Gasteiger partial charge in [0, 0.05) is 17.9 Å². The number of sulfonamides is 1. The lowest BCUT2D eigenvalue weighted by atomic mass is 10.1. The molecular weight excluding hydrogens is 328 g/mol. The number of amides is 1. The van der Waals surface area contributed by atoms with Gasteiger partial charge in [0.15, 0.2) is 5.37 Å². The molecule has 8 heteroatoms. The van der Waals surface area contributed by atoms with E-state index >= 15 is 0 Å². The summed E-state index contributed by atoms with van der Waals surface area (Å²) in [6, 6.07) is 17.5. The number of hydrogen-bond acceptors (Lipinski definition) is 5. The molecule has 2 aromatic carbocycles. The Labute approximate surface area is 140 Å². The van der Waals surface area contributed by atoms with Gasteiger partial charge in [0.05, 0.1) is 5.92 Å². The number of carbonyl (C=O) groups excluding carboxylic acids is 1. The van der Waals surface area contributed by atoms with Crippen molar-refractivity contribution >= 4 is 27.3 Å². The van der Waals surface area contributed by atoms with Gasteiger partial charge in [-0.15, -0.1) is 0 Å². The standard InChI is InChI=1S/C16H18N4O3S/c21-15(18-12-7-3-1-4-8-12)14-11-17-19-16(14)24(22,23)20-13-9-5-2-6-10-13/h1-10,14,16-17,19-20H,11H2,(H,18,21). The van der Waals surface area contributed by atoms with Crippen LogP contribution in [0.1, 0.15) is 0 Å². The summed E-state index contributed by atoms with van der Waals surface area (Å²) < 4.78 is 27.7. The highest BCUT2D eigenvalue weighted by Crippen LogP contribution is 2.19. The van der Waals surface area contributed by atoms with Crippen LogP contribution < -0.4 is 20.9 Å². The van der Waals surface area contributed by atoms with E-state index in [-0.39, 0.29) is 12.5 Å². The Bertz CT molecular complexity index is 797. The van der Waals surface area contributed by atoms with E-state index in [1.54, 1.807) is 54.6 Å². The number of carbonyl (C=O) groups is 1. The van der Waals surface area contributed by atoms with Crippen molar-refractivity contribution in [2.75, 3.05) is 16.6 Å². The predicted octanol–water partition coefficient (Wildman–Crippen LogP) is 1.12. The monoisotopic (exact) mass is 346 g/mol. The molecule has 0 bridgehead atoms. The third kappa shape index (κ3) is 3.73. The predicted molar refractivity (Wildman–Crippen MR) is 92.5 cm³/mol. The largest absolute Gasteiger partial charge is 0.326 e. The molecule has 0 spiro atoms. The first-order chi connectivity index (χ1) is 11.6. The summed E-state index contributed by atoms with van der Waals surface area (Å²) >= 11 is 0. The minimum Gasteiger partial charge on any atom is -0.326 e. The topological polar surface area (TPSA) is 99.3 Å². The second-order valence-electron chi connectivity index (χ2n) is 5.42. The fraction of sp³-hybridized carbons (Fsp3) is 0.188. The molecule has 126 valence electrons. The van der Waals surface area contributed by atoms with E-state index in [9.17, 15) is 13.2 Å². The Morgan fingerprint density at radius 2 is 1.54 bits per heavy atom. The van der Waals surface area contributed by atoms with Crippen LogP contribution in [0.25, 0.3) is 0 Å². The molecule has 1 amide bonds. The Kier molecular flexibility index (Phi) is 4.79. The molecule has 2 aromatic rings. The van der Waals surface area contributed by atoms with Crippen molar-refractivity contribution in [2.24, 2.45) is 5.92 Å². The van der Waals surface area contributed by atoms with Crippen molar-refractivity contribution in [1.82, 2.24) is 10.9 Å². The first-order valence-corrected chi connectivity index (χ1v) is 9.02. The Balaban J connectivity index is 1.73. The molecule has 1 fully saturated rings. The van der Waals surface area contributed by atoms with E-state index in [0.29, 0.717) is 11.4 Å². The lowest BCUT2D eigenvalue weighted by molar-refractivity contribution is -0.119. The summed E-state index contributed by atoms with van der Waals surface area (Å²) in [5.41, 5.74) is 6.50. The fourth-order valence-corrected chi connectivity index (χ4v) is 3.97. The van der Waals surface area contributed by atoms with E-state index in [1.807, 2.05) is 6.07 Å². The van der Waals surface area contributed by atoms with Gasteiger partial charge in [-0.2, -0.15) is 0 Å². The highest BCUT2D eigenvalue weighted by atomic mass is 32.2. The van der Waals surface area contributed by atoms with Gasteiger partial charge in [0.2, 0.25) is 5.91 Å². The van der Waals surface area contributed by atoms with Crippen molar-refractivity contribution in [2.45, 2.75) is 5.37 Å². The first kappa shape index (κ1) is 16.4. The van der Waals surface area contributed by atoms with Crippen LogP contribution in [-0.4, -0.2) is 26.2 Å². The van der Waals surface area contributed by atoms with Crippen molar-refractivity contribution < 1.29 is 13.2 Å². The molecule has 1 heterocycles. The summed E-state index contributed by atoms with van der Waals surface area (Å²) in [6.07, 6.45) is 0.